The molecular formula is C35H30N2O6. The molecule has 0 aliphatic rings. The zero-order chi connectivity index (χ0) is 30.1. The molecule has 43 heavy (non-hydrogen) atoms. The molecule has 216 valence electrons. The number of hydrogen-bond donors (Lipinski definition) is 2. The summed E-state index contributed by atoms with van der Waals surface area (Å²) in [7, 11) is 6.25. The first kappa shape index (κ1) is 27.7. The van der Waals surface area contributed by atoms with Gasteiger partial charge < -0.3 is 28.9 Å². The third-order valence-corrected chi connectivity index (χ3v) is 7.84. The fourth-order valence-electron chi connectivity index (χ4n) is 5.97. The van der Waals surface area contributed by atoms with Crippen molar-refractivity contribution in [2.75, 3.05) is 28.4 Å². The number of fused-ring (bicyclic) bond motifs is 2. The number of carbonyl (C=O) groups excluding carboxylic acids is 2. The van der Waals surface area contributed by atoms with Crippen molar-refractivity contribution in [1.29, 1.82) is 0 Å². The minimum atomic E-state index is 0.394. The molecule has 0 atom stereocenters. The molecule has 0 aliphatic carbocycles. The van der Waals surface area contributed by atoms with Gasteiger partial charge in [0.05, 0.1) is 61.4 Å². The smallest absolute Gasteiger partial charge is 0.155 e. The number of aromatic amines is 2. The first-order chi connectivity index (χ1) is 21.1. The molecule has 0 aliphatic heterocycles. The average molecular weight is 575 g/mol. The highest BCUT2D eigenvalue weighted by Gasteiger charge is 2.26. The van der Waals surface area contributed by atoms with Gasteiger partial charge in [-0.25, -0.2) is 0 Å². The third-order valence-electron chi connectivity index (χ3n) is 7.84. The van der Waals surface area contributed by atoms with Crippen LogP contribution in [0.3, 0.4) is 0 Å². The molecule has 0 radical (unpaired) electrons. The number of rotatable bonds is 10. The highest BCUT2D eigenvalue weighted by atomic mass is 16.5. The molecule has 4 aromatic carbocycles. The number of aldehydes is 2. The van der Waals surface area contributed by atoms with Crippen molar-refractivity contribution in [3.05, 3.63) is 95.3 Å². The van der Waals surface area contributed by atoms with Crippen LogP contribution in [0.25, 0.3) is 44.1 Å². The van der Waals surface area contributed by atoms with Crippen LogP contribution in [0.5, 0.6) is 23.0 Å². The van der Waals surface area contributed by atoms with E-state index < -0.39 is 0 Å². The molecule has 0 spiro atoms. The van der Waals surface area contributed by atoms with Gasteiger partial charge in [-0.2, -0.15) is 0 Å². The normalized spacial score (nSPS) is 11.1. The summed E-state index contributed by atoms with van der Waals surface area (Å²) in [4.78, 5) is 31.8. The lowest BCUT2D eigenvalue weighted by atomic mass is 9.95. The Morgan fingerprint density at radius 1 is 0.558 bits per heavy atom. The van der Waals surface area contributed by atoms with Crippen molar-refractivity contribution in [1.82, 2.24) is 9.97 Å². The standard InChI is InChI=1S/C35H30N2O6/c1-40-26-16-28(42-3)32-30(20-11-7-5-8-12-20)24(36-34(32)22(26)18-38)15-25-31(21-13-9-6-10-14-21)33-29(43-4)17-27(41-2)23(19-39)35(33)37-25/h5-14,16-19,36-37H,15H2,1-4H3. The molecule has 0 unspecified atom stereocenters. The van der Waals surface area contributed by atoms with E-state index in [-0.39, 0.29) is 0 Å². The number of carbonyl (C=O) groups is 2. The van der Waals surface area contributed by atoms with E-state index in [1.807, 2.05) is 60.7 Å². The van der Waals surface area contributed by atoms with Crippen LogP contribution in [0.15, 0.2) is 72.8 Å². The number of ether oxygens (including phenoxy) is 4. The summed E-state index contributed by atoms with van der Waals surface area (Å²) in [6.45, 7) is 0. The number of methoxy groups -OCH3 is 4. The van der Waals surface area contributed by atoms with E-state index in [9.17, 15) is 9.59 Å². The zero-order valence-corrected chi connectivity index (χ0v) is 24.2. The Morgan fingerprint density at radius 2 is 0.930 bits per heavy atom. The summed E-state index contributed by atoms with van der Waals surface area (Å²) >= 11 is 0. The number of aromatic nitrogens is 2. The lowest BCUT2D eigenvalue weighted by Crippen LogP contribution is -1.95. The Kier molecular flexibility index (Phi) is 7.34. The van der Waals surface area contributed by atoms with Crippen LogP contribution in [0.2, 0.25) is 0 Å². The topological polar surface area (TPSA) is 103 Å². The van der Waals surface area contributed by atoms with E-state index in [0.29, 0.717) is 51.6 Å². The first-order valence-corrected chi connectivity index (χ1v) is 13.7. The number of hydrogen-bond acceptors (Lipinski definition) is 6. The lowest BCUT2D eigenvalue weighted by molar-refractivity contribution is 0.111. The number of nitrogens with one attached hydrogen (secondary N) is 2. The molecule has 0 fully saturated rings. The van der Waals surface area contributed by atoms with Gasteiger partial charge in [0.2, 0.25) is 0 Å². The molecule has 0 amide bonds. The van der Waals surface area contributed by atoms with E-state index in [1.54, 1.807) is 26.4 Å². The second kappa shape index (κ2) is 11.4. The Balaban J connectivity index is 1.71. The van der Waals surface area contributed by atoms with Gasteiger partial charge >= 0.3 is 0 Å². The molecule has 2 N–H and O–H groups in total. The van der Waals surface area contributed by atoms with Gasteiger partial charge in [0.15, 0.2) is 12.6 Å². The van der Waals surface area contributed by atoms with Gasteiger partial charge in [-0.05, 0) is 11.1 Å². The van der Waals surface area contributed by atoms with Gasteiger partial charge in [0, 0.05) is 41.1 Å². The van der Waals surface area contributed by atoms with E-state index in [4.69, 9.17) is 18.9 Å². The van der Waals surface area contributed by atoms with Gasteiger partial charge in [0.25, 0.3) is 0 Å². The van der Waals surface area contributed by atoms with Crippen molar-refractivity contribution >= 4 is 34.4 Å². The van der Waals surface area contributed by atoms with E-state index >= 15 is 0 Å². The fourth-order valence-corrected chi connectivity index (χ4v) is 5.97. The Hall–Kier alpha value is -5.50. The monoisotopic (exact) mass is 574 g/mol. The van der Waals surface area contributed by atoms with Crippen molar-refractivity contribution in [2.24, 2.45) is 0 Å². The Labute approximate surface area is 248 Å². The predicted octanol–water partition coefficient (Wildman–Crippen LogP) is 7.23. The molecule has 8 heteroatoms. The van der Waals surface area contributed by atoms with Gasteiger partial charge in [-0.1, -0.05) is 60.7 Å². The maximum Gasteiger partial charge on any atom is 0.155 e. The van der Waals surface area contributed by atoms with Crippen LogP contribution in [0, 0.1) is 0 Å². The van der Waals surface area contributed by atoms with Crippen LogP contribution in [0.4, 0.5) is 0 Å². The molecule has 2 aromatic heterocycles. The van der Waals surface area contributed by atoms with Gasteiger partial charge in [-0.15, -0.1) is 0 Å². The largest absolute Gasteiger partial charge is 0.496 e. The highest BCUT2D eigenvalue weighted by molar-refractivity contribution is 6.11. The predicted molar refractivity (Wildman–Crippen MR) is 167 cm³/mol. The summed E-state index contributed by atoms with van der Waals surface area (Å²) in [5.41, 5.74) is 7.43. The second-order valence-electron chi connectivity index (χ2n) is 9.99. The van der Waals surface area contributed by atoms with Crippen molar-refractivity contribution in [2.45, 2.75) is 6.42 Å². The summed E-state index contributed by atoms with van der Waals surface area (Å²) in [6, 6.07) is 23.4. The second-order valence-corrected chi connectivity index (χ2v) is 9.99. The molecule has 6 aromatic rings. The van der Waals surface area contributed by atoms with E-state index in [1.165, 1.54) is 14.2 Å². The summed E-state index contributed by atoms with van der Waals surface area (Å²) in [5, 5.41) is 1.55. The summed E-state index contributed by atoms with van der Waals surface area (Å²) in [6.07, 6.45) is 1.98. The Morgan fingerprint density at radius 3 is 1.26 bits per heavy atom. The first-order valence-electron chi connectivity index (χ1n) is 13.7. The summed E-state index contributed by atoms with van der Waals surface area (Å²) < 4.78 is 22.8. The van der Waals surface area contributed by atoms with E-state index in [0.717, 1.165) is 57.0 Å². The minimum absolute atomic E-state index is 0.394. The van der Waals surface area contributed by atoms with Crippen molar-refractivity contribution in [3.63, 3.8) is 0 Å². The molecule has 0 saturated carbocycles. The highest BCUT2D eigenvalue weighted by Crippen LogP contribution is 2.46. The lowest BCUT2D eigenvalue weighted by Gasteiger charge is -2.12. The molecule has 0 bridgehead atoms. The number of benzene rings is 4. The van der Waals surface area contributed by atoms with Crippen molar-refractivity contribution in [3.8, 4) is 45.3 Å². The van der Waals surface area contributed by atoms with Crippen LogP contribution >= 0.6 is 0 Å². The van der Waals surface area contributed by atoms with Crippen LogP contribution in [-0.2, 0) is 6.42 Å². The molecule has 2 heterocycles. The number of H-pyrrole nitrogens is 2. The maximum absolute atomic E-state index is 12.4. The summed E-state index contributed by atoms with van der Waals surface area (Å²) in [5.74, 6) is 1.98. The van der Waals surface area contributed by atoms with Crippen LogP contribution in [0.1, 0.15) is 32.1 Å². The average Bonchev–Trinajstić information content (AvgIpc) is 3.62. The fraction of sp³-hybridized carbons (Fsp3) is 0.143. The minimum Gasteiger partial charge on any atom is -0.496 e. The molecule has 6 rings (SSSR count). The third kappa shape index (κ3) is 4.48. The van der Waals surface area contributed by atoms with Crippen LogP contribution in [-0.4, -0.2) is 51.0 Å². The van der Waals surface area contributed by atoms with Crippen molar-refractivity contribution < 1.29 is 28.5 Å². The maximum atomic E-state index is 12.4. The quantitative estimate of drug-likeness (QED) is 0.167. The van der Waals surface area contributed by atoms with Gasteiger partial charge in [0.1, 0.15) is 23.0 Å². The SMILES string of the molecule is COc1cc(OC)c2c(-c3ccccc3)c(Cc3[nH]c4c(C=O)c(OC)cc(OC)c4c3-c3ccccc3)[nH]c2c1C=O. The van der Waals surface area contributed by atoms with Gasteiger partial charge in [-0.3, -0.25) is 9.59 Å². The molecule has 8 nitrogen and oxygen atoms in total. The molecule has 0 saturated heterocycles. The van der Waals surface area contributed by atoms with Crippen LogP contribution < -0.4 is 18.9 Å². The van der Waals surface area contributed by atoms with E-state index in [2.05, 4.69) is 9.97 Å². The zero-order valence-electron chi connectivity index (χ0n) is 24.2. The Bertz CT molecular complexity index is 1830. The molecular weight excluding hydrogens is 544 g/mol.